The van der Waals surface area contributed by atoms with Gasteiger partial charge in [0.15, 0.2) is 0 Å². The normalized spacial score (nSPS) is 12.0. The van der Waals surface area contributed by atoms with Gasteiger partial charge in [-0.3, -0.25) is 4.79 Å². The Morgan fingerprint density at radius 2 is 2.14 bits per heavy atom. The van der Waals surface area contributed by atoms with E-state index in [9.17, 15) is 4.79 Å². The van der Waals surface area contributed by atoms with Gasteiger partial charge in [0, 0.05) is 23.9 Å². The van der Waals surface area contributed by atoms with Crippen LogP contribution in [0.15, 0.2) is 36.7 Å². The summed E-state index contributed by atoms with van der Waals surface area (Å²) in [4.78, 5) is 11.8. The van der Waals surface area contributed by atoms with E-state index in [1.165, 1.54) is 0 Å². The molecular formula is C16H21N3O2S. The van der Waals surface area contributed by atoms with Crippen LogP contribution in [-0.4, -0.2) is 34.8 Å². The number of methoxy groups -OCH3 is 1. The van der Waals surface area contributed by atoms with Crippen molar-refractivity contribution in [2.75, 3.05) is 19.1 Å². The van der Waals surface area contributed by atoms with Crippen molar-refractivity contribution >= 4 is 17.7 Å². The van der Waals surface area contributed by atoms with Gasteiger partial charge in [-0.15, -0.1) is 0 Å². The molecule has 0 spiro atoms. The van der Waals surface area contributed by atoms with Gasteiger partial charge in [-0.25, -0.2) is 4.68 Å². The Morgan fingerprint density at radius 3 is 2.77 bits per heavy atom. The number of hydrogen-bond acceptors (Lipinski definition) is 4. The number of carbonyl (C=O) groups is 1. The molecule has 118 valence electrons. The van der Waals surface area contributed by atoms with Gasteiger partial charge in [-0.1, -0.05) is 0 Å². The highest BCUT2D eigenvalue weighted by atomic mass is 32.2. The lowest BCUT2D eigenvalue weighted by Crippen LogP contribution is -2.26. The Morgan fingerprint density at radius 1 is 1.41 bits per heavy atom. The van der Waals surface area contributed by atoms with Gasteiger partial charge in [-0.2, -0.15) is 16.9 Å². The Balaban J connectivity index is 2.02. The highest BCUT2D eigenvalue weighted by Gasteiger charge is 2.11. The summed E-state index contributed by atoms with van der Waals surface area (Å²) in [7, 11) is 1.64. The summed E-state index contributed by atoms with van der Waals surface area (Å²) in [6.45, 7) is 1.96. The second-order valence-electron chi connectivity index (χ2n) is 4.95. The first-order valence-electron chi connectivity index (χ1n) is 7.11. The predicted octanol–water partition coefficient (Wildman–Crippen LogP) is 2.81. The minimum absolute atomic E-state index is 0.0543. The average molecular weight is 319 g/mol. The van der Waals surface area contributed by atoms with Crippen LogP contribution in [0.1, 0.15) is 24.9 Å². The zero-order valence-corrected chi connectivity index (χ0v) is 13.9. The largest absolute Gasteiger partial charge is 0.497 e. The van der Waals surface area contributed by atoms with Crippen molar-refractivity contribution in [1.29, 1.82) is 0 Å². The topological polar surface area (TPSA) is 56.1 Å². The molecule has 2 aromatic rings. The zero-order valence-electron chi connectivity index (χ0n) is 13.1. The molecular weight excluding hydrogens is 298 g/mol. The molecule has 1 atom stereocenters. The number of benzene rings is 1. The van der Waals surface area contributed by atoms with E-state index in [2.05, 4.69) is 10.4 Å². The predicted molar refractivity (Wildman–Crippen MR) is 89.7 cm³/mol. The third-order valence-electron chi connectivity index (χ3n) is 3.35. The highest BCUT2D eigenvalue weighted by Crippen LogP contribution is 2.17. The van der Waals surface area contributed by atoms with Gasteiger partial charge >= 0.3 is 0 Å². The number of nitrogens with zero attached hydrogens (tertiary/aromatic N) is 2. The number of ether oxygens (including phenoxy) is 1. The van der Waals surface area contributed by atoms with Crippen molar-refractivity contribution < 1.29 is 9.53 Å². The first-order valence-corrected chi connectivity index (χ1v) is 8.50. The maximum atomic E-state index is 11.8. The summed E-state index contributed by atoms with van der Waals surface area (Å²) in [5, 5.41) is 7.34. The van der Waals surface area contributed by atoms with Crippen LogP contribution in [-0.2, 0) is 4.79 Å². The maximum Gasteiger partial charge on any atom is 0.221 e. The Kier molecular flexibility index (Phi) is 5.89. The molecule has 0 aliphatic rings. The van der Waals surface area contributed by atoms with Crippen LogP contribution in [0.5, 0.6) is 5.75 Å². The van der Waals surface area contributed by atoms with Gasteiger partial charge in [0.25, 0.3) is 0 Å². The molecule has 22 heavy (non-hydrogen) atoms. The molecule has 5 nitrogen and oxygen atoms in total. The van der Waals surface area contributed by atoms with Gasteiger partial charge in [-0.05, 0) is 37.4 Å². The molecule has 0 saturated carbocycles. The fourth-order valence-corrected chi connectivity index (χ4v) is 2.42. The van der Waals surface area contributed by atoms with Crippen LogP contribution >= 0.6 is 11.8 Å². The van der Waals surface area contributed by atoms with Crippen molar-refractivity contribution in [3.05, 3.63) is 42.2 Å². The van der Waals surface area contributed by atoms with Crippen LogP contribution in [0.25, 0.3) is 5.69 Å². The molecule has 1 amide bonds. The number of carbonyl (C=O) groups excluding carboxylic acids is 1. The lowest BCUT2D eigenvalue weighted by atomic mass is 10.2. The van der Waals surface area contributed by atoms with E-state index in [1.54, 1.807) is 29.8 Å². The molecule has 1 aromatic carbocycles. The van der Waals surface area contributed by atoms with Gasteiger partial charge in [0.05, 0.1) is 25.0 Å². The average Bonchev–Trinajstić information content (AvgIpc) is 3.03. The van der Waals surface area contributed by atoms with E-state index < -0.39 is 0 Å². The van der Waals surface area contributed by atoms with E-state index in [0.29, 0.717) is 6.42 Å². The quantitative estimate of drug-likeness (QED) is 0.852. The number of thioether (sulfide) groups is 1. The first kappa shape index (κ1) is 16.4. The minimum atomic E-state index is -0.0543. The van der Waals surface area contributed by atoms with Crippen molar-refractivity contribution in [2.24, 2.45) is 0 Å². The first-order chi connectivity index (χ1) is 10.6. The molecule has 0 aliphatic carbocycles. The Labute approximate surface area is 135 Å². The monoisotopic (exact) mass is 319 g/mol. The molecule has 6 heteroatoms. The molecule has 0 radical (unpaired) electrons. The van der Waals surface area contributed by atoms with Crippen LogP contribution < -0.4 is 10.1 Å². The summed E-state index contributed by atoms with van der Waals surface area (Å²) in [6.07, 6.45) is 6.25. The van der Waals surface area contributed by atoms with Gasteiger partial charge < -0.3 is 10.1 Å². The number of nitrogens with one attached hydrogen (secondary N) is 1. The summed E-state index contributed by atoms with van der Waals surface area (Å²) in [5.74, 6) is 1.72. The molecule has 0 bridgehead atoms. The second kappa shape index (κ2) is 7.89. The Bertz CT molecular complexity index is 610. The maximum absolute atomic E-state index is 11.8. The standard InChI is InChI=1S/C16H21N3O2S/c1-12(18-16(20)8-9-22-3)13-10-17-19(11-13)14-4-6-15(21-2)7-5-14/h4-7,10-12H,8-9H2,1-3H3,(H,18,20). The molecule has 1 N–H and O–H groups in total. The SMILES string of the molecule is COc1ccc(-n2cc(C(C)NC(=O)CCSC)cn2)cc1. The van der Waals surface area contributed by atoms with Crippen molar-refractivity contribution in [2.45, 2.75) is 19.4 Å². The summed E-state index contributed by atoms with van der Waals surface area (Å²) in [6, 6.07) is 7.62. The third kappa shape index (κ3) is 4.27. The number of aromatic nitrogens is 2. The van der Waals surface area contributed by atoms with E-state index in [-0.39, 0.29) is 11.9 Å². The third-order valence-corrected chi connectivity index (χ3v) is 3.96. The van der Waals surface area contributed by atoms with E-state index in [4.69, 9.17) is 4.74 Å². The summed E-state index contributed by atoms with van der Waals surface area (Å²) >= 11 is 1.67. The molecule has 0 fully saturated rings. The summed E-state index contributed by atoms with van der Waals surface area (Å²) < 4.78 is 6.94. The fraction of sp³-hybridized carbons (Fsp3) is 0.375. The van der Waals surface area contributed by atoms with Gasteiger partial charge in [0.1, 0.15) is 5.75 Å². The highest BCUT2D eigenvalue weighted by molar-refractivity contribution is 7.98. The van der Waals surface area contributed by atoms with Crippen LogP contribution in [0, 0.1) is 0 Å². The minimum Gasteiger partial charge on any atom is -0.497 e. The van der Waals surface area contributed by atoms with Crippen molar-refractivity contribution in [1.82, 2.24) is 15.1 Å². The van der Waals surface area contributed by atoms with Gasteiger partial charge in [0.2, 0.25) is 5.91 Å². The lowest BCUT2D eigenvalue weighted by Gasteiger charge is -2.11. The molecule has 0 saturated heterocycles. The van der Waals surface area contributed by atoms with Crippen LogP contribution in [0.2, 0.25) is 0 Å². The summed E-state index contributed by atoms with van der Waals surface area (Å²) in [5.41, 5.74) is 1.93. The van der Waals surface area contributed by atoms with E-state index in [0.717, 1.165) is 22.8 Å². The smallest absolute Gasteiger partial charge is 0.221 e. The zero-order chi connectivity index (χ0) is 15.9. The molecule has 1 aromatic heterocycles. The van der Waals surface area contributed by atoms with E-state index >= 15 is 0 Å². The molecule has 1 unspecified atom stereocenters. The lowest BCUT2D eigenvalue weighted by molar-refractivity contribution is -0.121. The number of rotatable bonds is 7. The van der Waals surface area contributed by atoms with Crippen LogP contribution in [0.3, 0.4) is 0 Å². The van der Waals surface area contributed by atoms with Crippen LogP contribution in [0.4, 0.5) is 0 Å². The van der Waals surface area contributed by atoms with Crippen molar-refractivity contribution in [3.8, 4) is 11.4 Å². The van der Waals surface area contributed by atoms with E-state index in [1.807, 2.05) is 43.6 Å². The Hall–Kier alpha value is -1.95. The fourth-order valence-electron chi connectivity index (χ4n) is 2.03. The molecule has 2 rings (SSSR count). The molecule has 1 heterocycles. The van der Waals surface area contributed by atoms with Crippen molar-refractivity contribution in [3.63, 3.8) is 0 Å². The second-order valence-corrected chi connectivity index (χ2v) is 5.93. The number of hydrogen-bond donors (Lipinski definition) is 1. The molecule has 0 aliphatic heterocycles. The number of amides is 1.